The van der Waals surface area contributed by atoms with E-state index in [-0.39, 0.29) is 5.91 Å². The van der Waals surface area contributed by atoms with Crippen molar-refractivity contribution in [3.63, 3.8) is 0 Å². The number of carbonyl (C=O) groups is 1. The van der Waals surface area contributed by atoms with Gasteiger partial charge in [-0.25, -0.2) is 0 Å². The molecule has 138 valence electrons. The van der Waals surface area contributed by atoms with Crippen LogP contribution in [-0.2, 0) is 18.0 Å². The van der Waals surface area contributed by atoms with Crippen LogP contribution >= 0.6 is 0 Å². The predicted octanol–water partition coefficient (Wildman–Crippen LogP) is 4.21. The number of para-hydroxylation sites is 1. The van der Waals surface area contributed by atoms with Crippen LogP contribution in [0, 0.1) is 0 Å². The Labute approximate surface area is 159 Å². The van der Waals surface area contributed by atoms with Crippen LogP contribution < -0.4 is 10.1 Å². The van der Waals surface area contributed by atoms with E-state index >= 15 is 0 Å². The molecule has 0 bridgehead atoms. The normalized spacial score (nSPS) is 10.4. The molecular weight excluding hydrogens is 338 g/mol. The molecule has 0 fully saturated rings. The molecule has 27 heavy (non-hydrogen) atoms. The van der Waals surface area contributed by atoms with E-state index in [4.69, 9.17) is 9.47 Å². The number of hydrogen-bond acceptors (Lipinski definition) is 3. The number of amides is 1. The first kappa shape index (κ1) is 18.7. The van der Waals surface area contributed by atoms with Crippen molar-refractivity contribution in [2.24, 2.45) is 0 Å². The second-order valence-corrected chi connectivity index (χ2v) is 6.06. The Morgan fingerprint density at radius 2 is 1.33 bits per heavy atom. The van der Waals surface area contributed by atoms with Gasteiger partial charge < -0.3 is 14.8 Å². The minimum absolute atomic E-state index is 0.165. The highest BCUT2D eigenvalue weighted by Gasteiger charge is 2.11. The maximum atomic E-state index is 12.5. The molecule has 3 aromatic rings. The van der Waals surface area contributed by atoms with Crippen LogP contribution in [0.2, 0.25) is 0 Å². The topological polar surface area (TPSA) is 47.6 Å². The first-order valence-corrected chi connectivity index (χ1v) is 8.98. The van der Waals surface area contributed by atoms with E-state index in [0.29, 0.717) is 37.7 Å². The van der Waals surface area contributed by atoms with Crippen molar-refractivity contribution >= 4 is 5.91 Å². The summed E-state index contributed by atoms with van der Waals surface area (Å²) in [5, 5.41) is 2.88. The fourth-order valence-corrected chi connectivity index (χ4v) is 2.61. The molecule has 0 saturated carbocycles. The van der Waals surface area contributed by atoms with E-state index in [1.54, 1.807) is 6.07 Å². The molecule has 0 aliphatic carbocycles. The van der Waals surface area contributed by atoms with Gasteiger partial charge in [0.25, 0.3) is 5.91 Å². The van der Waals surface area contributed by atoms with Crippen LogP contribution in [0.25, 0.3) is 0 Å². The first-order valence-electron chi connectivity index (χ1n) is 8.98. The maximum Gasteiger partial charge on any atom is 0.255 e. The lowest BCUT2D eigenvalue weighted by molar-refractivity contribution is 0.0897. The fourth-order valence-electron chi connectivity index (χ4n) is 2.61. The summed E-state index contributed by atoms with van der Waals surface area (Å²) < 4.78 is 11.4. The van der Waals surface area contributed by atoms with Crippen molar-refractivity contribution in [2.45, 2.75) is 13.2 Å². The summed E-state index contributed by atoms with van der Waals surface area (Å²) in [6, 6.07) is 27.1. The van der Waals surface area contributed by atoms with Gasteiger partial charge >= 0.3 is 0 Å². The Morgan fingerprint density at radius 3 is 2.04 bits per heavy atom. The Bertz CT molecular complexity index is 835. The average molecular weight is 361 g/mol. The van der Waals surface area contributed by atoms with Crippen LogP contribution in [0.5, 0.6) is 5.75 Å². The Morgan fingerprint density at radius 1 is 0.741 bits per heavy atom. The van der Waals surface area contributed by atoms with E-state index in [1.807, 2.05) is 78.9 Å². The molecule has 1 N–H and O–H groups in total. The summed E-state index contributed by atoms with van der Waals surface area (Å²) in [4.78, 5) is 12.5. The van der Waals surface area contributed by atoms with Crippen LogP contribution in [0.4, 0.5) is 0 Å². The Kier molecular flexibility index (Phi) is 7.01. The lowest BCUT2D eigenvalue weighted by Crippen LogP contribution is -2.27. The Hall–Kier alpha value is -3.11. The monoisotopic (exact) mass is 361 g/mol. The molecule has 4 nitrogen and oxygen atoms in total. The molecule has 4 heteroatoms. The Balaban J connectivity index is 1.46. The molecule has 0 aliphatic rings. The van der Waals surface area contributed by atoms with Crippen molar-refractivity contribution in [1.29, 1.82) is 0 Å². The standard InChI is InChI=1S/C23H23NO3/c25-23(24-15-16-26-17-19-9-3-1-4-10-19)21-13-7-8-14-22(21)27-18-20-11-5-2-6-12-20/h1-14H,15-18H2,(H,24,25). The van der Waals surface area contributed by atoms with Gasteiger partial charge in [0.2, 0.25) is 0 Å². The lowest BCUT2D eigenvalue weighted by Gasteiger charge is -2.12. The third kappa shape index (κ3) is 5.97. The average Bonchev–Trinajstić information content (AvgIpc) is 2.73. The van der Waals surface area contributed by atoms with Crippen LogP contribution in [0.3, 0.4) is 0 Å². The molecule has 0 heterocycles. The molecule has 0 radical (unpaired) electrons. The zero-order valence-corrected chi connectivity index (χ0v) is 15.1. The summed E-state index contributed by atoms with van der Waals surface area (Å²) in [5.74, 6) is 0.408. The van der Waals surface area contributed by atoms with E-state index in [9.17, 15) is 4.79 Å². The highest BCUT2D eigenvalue weighted by molar-refractivity contribution is 5.96. The molecule has 1 amide bonds. The van der Waals surface area contributed by atoms with Gasteiger partial charge in [-0.2, -0.15) is 0 Å². The quantitative estimate of drug-likeness (QED) is 0.581. The smallest absolute Gasteiger partial charge is 0.255 e. The van der Waals surface area contributed by atoms with Gasteiger partial charge in [-0.15, -0.1) is 0 Å². The number of hydrogen-bond donors (Lipinski definition) is 1. The minimum atomic E-state index is -0.165. The molecule has 3 rings (SSSR count). The van der Waals surface area contributed by atoms with Crippen LogP contribution in [-0.4, -0.2) is 19.1 Å². The van der Waals surface area contributed by atoms with Gasteiger partial charge in [0.05, 0.1) is 18.8 Å². The van der Waals surface area contributed by atoms with Crippen LogP contribution in [0.15, 0.2) is 84.9 Å². The number of nitrogens with one attached hydrogen (secondary N) is 1. The van der Waals surface area contributed by atoms with Gasteiger partial charge in [0, 0.05) is 6.54 Å². The lowest BCUT2D eigenvalue weighted by atomic mass is 10.2. The maximum absolute atomic E-state index is 12.5. The van der Waals surface area contributed by atoms with Crippen molar-refractivity contribution in [2.75, 3.05) is 13.2 Å². The van der Waals surface area contributed by atoms with Gasteiger partial charge in [0.1, 0.15) is 12.4 Å². The second kappa shape index (κ2) is 10.1. The van der Waals surface area contributed by atoms with E-state index < -0.39 is 0 Å². The highest BCUT2D eigenvalue weighted by Crippen LogP contribution is 2.19. The summed E-state index contributed by atoms with van der Waals surface area (Å²) in [5.41, 5.74) is 2.70. The molecule has 0 atom stereocenters. The fraction of sp³-hybridized carbons (Fsp3) is 0.174. The van der Waals surface area contributed by atoms with Gasteiger partial charge in [0.15, 0.2) is 0 Å². The summed E-state index contributed by atoms with van der Waals surface area (Å²) >= 11 is 0. The summed E-state index contributed by atoms with van der Waals surface area (Å²) in [6.07, 6.45) is 0. The van der Waals surface area contributed by atoms with Gasteiger partial charge in [-0.05, 0) is 23.3 Å². The number of rotatable bonds is 9. The van der Waals surface area contributed by atoms with Crippen molar-refractivity contribution < 1.29 is 14.3 Å². The third-order valence-electron chi connectivity index (χ3n) is 4.01. The highest BCUT2D eigenvalue weighted by atomic mass is 16.5. The molecule has 0 unspecified atom stereocenters. The van der Waals surface area contributed by atoms with E-state index in [1.165, 1.54) is 0 Å². The molecule has 3 aromatic carbocycles. The zero-order chi connectivity index (χ0) is 18.7. The molecule has 0 saturated heterocycles. The summed E-state index contributed by atoms with van der Waals surface area (Å²) in [6.45, 7) is 1.85. The number of ether oxygens (including phenoxy) is 2. The van der Waals surface area contributed by atoms with Crippen LogP contribution in [0.1, 0.15) is 21.5 Å². The van der Waals surface area contributed by atoms with Crippen molar-refractivity contribution in [1.82, 2.24) is 5.32 Å². The van der Waals surface area contributed by atoms with Gasteiger partial charge in [-0.1, -0.05) is 72.8 Å². The predicted molar refractivity (Wildman–Crippen MR) is 106 cm³/mol. The molecular formula is C23H23NO3. The van der Waals surface area contributed by atoms with E-state index in [2.05, 4.69) is 5.32 Å². The molecule has 0 aromatic heterocycles. The second-order valence-electron chi connectivity index (χ2n) is 6.06. The van der Waals surface area contributed by atoms with Crippen molar-refractivity contribution in [3.8, 4) is 5.75 Å². The van der Waals surface area contributed by atoms with E-state index in [0.717, 1.165) is 11.1 Å². The summed E-state index contributed by atoms with van der Waals surface area (Å²) in [7, 11) is 0. The first-order chi connectivity index (χ1) is 13.3. The number of benzene rings is 3. The third-order valence-corrected chi connectivity index (χ3v) is 4.01. The zero-order valence-electron chi connectivity index (χ0n) is 15.1. The van der Waals surface area contributed by atoms with Gasteiger partial charge in [-0.3, -0.25) is 4.79 Å². The largest absolute Gasteiger partial charge is 0.488 e. The van der Waals surface area contributed by atoms with Crippen molar-refractivity contribution in [3.05, 3.63) is 102 Å². The number of carbonyl (C=O) groups excluding carboxylic acids is 1. The molecule has 0 aliphatic heterocycles. The minimum Gasteiger partial charge on any atom is -0.488 e. The SMILES string of the molecule is O=C(NCCOCc1ccccc1)c1ccccc1OCc1ccccc1. The molecule has 0 spiro atoms.